The third kappa shape index (κ3) is 2.61. The lowest BCUT2D eigenvalue weighted by molar-refractivity contribution is 0.0985. The molecule has 0 radical (unpaired) electrons. The summed E-state index contributed by atoms with van der Waals surface area (Å²) in [6.07, 6.45) is 0. The zero-order chi connectivity index (χ0) is 16.7. The number of halogens is 1. The quantitative estimate of drug-likeness (QED) is 0.507. The van der Waals surface area contributed by atoms with E-state index >= 15 is 0 Å². The zero-order valence-electron chi connectivity index (χ0n) is 13.0. The molecule has 3 nitrogen and oxygen atoms in total. The van der Waals surface area contributed by atoms with Crippen molar-refractivity contribution in [2.75, 3.05) is 12.0 Å². The Kier molecular flexibility index (Phi) is 4.05. The lowest BCUT2D eigenvalue weighted by Crippen LogP contribution is -2.32. The van der Waals surface area contributed by atoms with Gasteiger partial charge in [0.05, 0.1) is 27.1 Å². The summed E-state index contributed by atoms with van der Waals surface area (Å²) in [5.41, 5.74) is 4.09. The Hall–Kier alpha value is -1.86. The minimum atomic E-state index is 0.0163. The first kappa shape index (κ1) is 15.7. The number of nitrogens with zero attached hydrogens (tertiary/aromatic N) is 1. The lowest BCUT2D eigenvalue weighted by atomic mass is 9.99. The minimum absolute atomic E-state index is 0.0163. The van der Waals surface area contributed by atoms with Gasteiger partial charge in [-0.05, 0) is 64.0 Å². The number of hydrogen-bond donors (Lipinski definition) is 0. The molecule has 0 N–H and O–H groups in total. The highest BCUT2D eigenvalue weighted by molar-refractivity contribution is 14.1. The molecule has 1 amide bonds. The number of fused-ring (bicyclic) bond motifs is 3. The van der Waals surface area contributed by atoms with E-state index in [1.165, 1.54) is 18.9 Å². The third-order valence-corrected chi connectivity index (χ3v) is 6.06. The van der Waals surface area contributed by atoms with Crippen molar-refractivity contribution in [1.82, 2.24) is 0 Å². The molecule has 1 aliphatic heterocycles. The van der Waals surface area contributed by atoms with Crippen molar-refractivity contribution in [3.05, 3.63) is 68.6 Å². The molecule has 4 rings (SSSR count). The van der Waals surface area contributed by atoms with Gasteiger partial charge in [-0.15, -0.1) is 11.3 Å². The predicted octanol–water partition coefficient (Wildman–Crippen LogP) is 5.19. The van der Waals surface area contributed by atoms with Crippen molar-refractivity contribution in [3.8, 4) is 16.2 Å². The molecule has 2 heterocycles. The van der Waals surface area contributed by atoms with Crippen LogP contribution in [0.5, 0.6) is 5.75 Å². The van der Waals surface area contributed by atoms with Gasteiger partial charge in [0.15, 0.2) is 0 Å². The molecule has 0 unspecified atom stereocenters. The second-order valence-electron chi connectivity index (χ2n) is 5.54. The first-order valence-corrected chi connectivity index (χ1v) is 9.40. The number of amides is 1. The lowest BCUT2D eigenvalue weighted by Gasteiger charge is -2.29. The highest BCUT2D eigenvalue weighted by Gasteiger charge is 2.29. The zero-order valence-corrected chi connectivity index (χ0v) is 15.9. The fourth-order valence-corrected chi connectivity index (χ4v) is 4.86. The van der Waals surface area contributed by atoms with Crippen LogP contribution in [0.3, 0.4) is 0 Å². The van der Waals surface area contributed by atoms with Crippen LogP contribution in [0.25, 0.3) is 10.4 Å². The van der Waals surface area contributed by atoms with E-state index in [0.29, 0.717) is 12.1 Å². The van der Waals surface area contributed by atoms with Gasteiger partial charge in [-0.2, -0.15) is 0 Å². The Morgan fingerprint density at radius 1 is 1.17 bits per heavy atom. The van der Waals surface area contributed by atoms with Gasteiger partial charge in [0.25, 0.3) is 5.91 Å². The van der Waals surface area contributed by atoms with Crippen LogP contribution in [0, 0.1) is 2.88 Å². The Morgan fingerprint density at radius 3 is 2.67 bits per heavy atom. The second kappa shape index (κ2) is 6.22. The van der Waals surface area contributed by atoms with Gasteiger partial charge in [0.2, 0.25) is 0 Å². The molecule has 1 aromatic heterocycles. The number of hydrogen-bond acceptors (Lipinski definition) is 3. The van der Waals surface area contributed by atoms with Gasteiger partial charge in [0, 0.05) is 5.56 Å². The molecule has 0 fully saturated rings. The Balaban J connectivity index is 1.77. The highest BCUT2D eigenvalue weighted by atomic mass is 127. The number of thiophene rings is 1. The average molecular weight is 447 g/mol. The second-order valence-corrected chi connectivity index (χ2v) is 8.49. The van der Waals surface area contributed by atoms with Crippen LogP contribution >= 0.6 is 33.9 Å². The van der Waals surface area contributed by atoms with Crippen LogP contribution in [0.1, 0.15) is 15.9 Å². The summed E-state index contributed by atoms with van der Waals surface area (Å²) in [5, 5.41) is 0. The van der Waals surface area contributed by atoms with E-state index in [4.69, 9.17) is 4.74 Å². The van der Waals surface area contributed by atoms with E-state index in [0.717, 1.165) is 11.4 Å². The maximum Gasteiger partial charge on any atom is 0.258 e. The summed E-state index contributed by atoms with van der Waals surface area (Å²) in [5.74, 6) is 0.768. The molecule has 0 atom stereocenters. The van der Waals surface area contributed by atoms with Crippen molar-refractivity contribution < 1.29 is 9.53 Å². The van der Waals surface area contributed by atoms with E-state index in [1.807, 2.05) is 35.2 Å². The summed E-state index contributed by atoms with van der Waals surface area (Å²) in [4.78, 5) is 16.1. The van der Waals surface area contributed by atoms with Crippen molar-refractivity contribution >= 4 is 45.5 Å². The summed E-state index contributed by atoms with van der Waals surface area (Å²) < 4.78 is 6.36. The van der Waals surface area contributed by atoms with E-state index in [2.05, 4.69) is 46.9 Å². The Labute approximate surface area is 158 Å². The predicted molar refractivity (Wildman–Crippen MR) is 106 cm³/mol. The molecule has 0 saturated carbocycles. The molecule has 2 aromatic carbocycles. The SMILES string of the molecule is COc1ccc(C(=O)N2Cc3ccccc3-c3sc(I)cc32)cc1. The maximum atomic E-state index is 13.1. The smallest absolute Gasteiger partial charge is 0.258 e. The summed E-state index contributed by atoms with van der Waals surface area (Å²) >= 11 is 4.05. The molecule has 1 aliphatic rings. The van der Waals surface area contributed by atoms with Gasteiger partial charge in [-0.3, -0.25) is 4.79 Å². The number of rotatable bonds is 2. The van der Waals surface area contributed by atoms with Crippen LogP contribution < -0.4 is 9.64 Å². The molecule has 120 valence electrons. The minimum Gasteiger partial charge on any atom is -0.497 e. The number of benzene rings is 2. The number of anilines is 1. The number of carbonyl (C=O) groups excluding carboxylic acids is 1. The monoisotopic (exact) mass is 447 g/mol. The topological polar surface area (TPSA) is 29.5 Å². The molecule has 0 aliphatic carbocycles. The highest BCUT2D eigenvalue weighted by Crippen LogP contribution is 2.45. The summed E-state index contributed by atoms with van der Waals surface area (Å²) in [6, 6.07) is 17.7. The standard InChI is InChI=1S/C19H14INO2S/c1-23-14-8-6-12(7-9-14)19(22)21-11-13-4-2-3-5-15(13)18-16(21)10-17(20)24-18/h2-10H,11H2,1H3. The third-order valence-electron chi connectivity index (χ3n) is 4.15. The van der Waals surface area contributed by atoms with E-state index in [-0.39, 0.29) is 5.91 Å². The fourth-order valence-electron chi connectivity index (χ4n) is 2.95. The largest absolute Gasteiger partial charge is 0.497 e. The number of methoxy groups -OCH3 is 1. The van der Waals surface area contributed by atoms with Gasteiger partial charge in [-0.25, -0.2) is 0 Å². The molecule has 0 spiro atoms. The van der Waals surface area contributed by atoms with Crippen LogP contribution in [0.4, 0.5) is 5.69 Å². The Bertz CT molecular complexity index is 917. The van der Waals surface area contributed by atoms with E-state index in [1.54, 1.807) is 18.4 Å². The fraction of sp³-hybridized carbons (Fsp3) is 0.105. The van der Waals surface area contributed by atoms with E-state index < -0.39 is 0 Å². The van der Waals surface area contributed by atoms with Crippen molar-refractivity contribution in [2.45, 2.75) is 6.54 Å². The molecule has 0 bridgehead atoms. The van der Waals surface area contributed by atoms with Gasteiger partial charge in [-0.1, -0.05) is 24.3 Å². The maximum absolute atomic E-state index is 13.1. The van der Waals surface area contributed by atoms with Crippen LogP contribution in [0.2, 0.25) is 0 Å². The van der Waals surface area contributed by atoms with Crippen LogP contribution in [-0.2, 0) is 6.54 Å². The Morgan fingerprint density at radius 2 is 1.92 bits per heavy atom. The van der Waals surface area contributed by atoms with Crippen molar-refractivity contribution in [1.29, 1.82) is 0 Å². The van der Waals surface area contributed by atoms with Crippen LogP contribution in [-0.4, -0.2) is 13.0 Å². The molecule has 5 heteroatoms. The number of carbonyl (C=O) groups is 1. The first-order valence-electron chi connectivity index (χ1n) is 7.51. The molecule has 0 saturated heterocycles. The summed E-state index contributed by atoms with van der Waals surface area (Å²) in [6.45, 7) is 0.598. The first-order chi connectivity index (χ1) is 11.7. The molecule has 24 heavy (non-hydrogen) atoms. The van der Waals surface area contributed by atoms with Gasteiger partial charge in [0.1, 0.15) is 5.75 Å². The van der Waals surface area contributed by atoms with Crippen LogP contribution in [0.15, 0.2) is 54.6 Å². The van der Waals surface area contributed by atoms with Crippen molar-refractivity contribution in [2.24, 2.45) is 0 Å². The van der Waals surface area contributed by atoms with E-state index in [9.17, 15) is 4.79 Å². The number of ether oxygens (including phenoxy) is 1. The van der Waals surface area contributed by atoms with Gasteiger partial charge < -0.3 is 9.64 Å². The van der Waals surface area contributed by atoms with Gasteiger partial charge >= 0.3 is 0 Å². The normalized spacial score (nSPS) is 12.5. The van der Waals surface area contributed by atoms with Crippen molar-refractivity contribution in [3.63, 3.8) is 0 Å². The summed E-state index contributed by atoms with van der Waals surface area (Å²) in [7, 11) is 1.62. The average Bonchev–Trinajstić information content (AvgIpc) is 3.02. The molecular weight excluding hydrogens is 433 g/mol. The molecule has 3 aromatic rings. The molecular formula is C19H14INO2S.